The fourth-order valence-electron chi connectivity index (χ4n) is 2.81. The molecule has 160 valence electrons. The zero-order valence-corrected chi connectivity index (χ0v) is 20.5. The van der Waals surface area contributed by atoms with E-state index in [9.17, 15) is 9.36 Å². The van der Waals surface area contributed by atoms with Crippen LogP contribution in [-0.4, -0.2) is 37.7 Å². The summed E-state index contributed by atoms with van der Waals surface area (Å²) in [6.07, 6.45) is 2.94. The van der Waals surface area contributed by atoms with Crippen LogP contribution in [0.1, 0.15) is 38.8 Å². The fourth-order valence-corrected chi connectivity index (χ4v) is 6.59. The van der Waals surface area contributed by atoms with E-state index < -0.39 is 13.2 Å². The van der Waals surface area contributed by atoms with Crippen molar-refractivity contribution in [3.05, 3.63) is 51.5 Å². The molecule has 1 aromatic carbocycles. The Kier molecular flexibility index (Phi) is 10.1. The Morgan fingerprint density at radius 2 is 1.76 bits per heavy atom. The van der Waals surface area contributed by atoms with Crippen LogP contribution in [0.2, 0.25) is 10.5 Å². The molecule has 0 radical (unpaired) electrons. The fraction of sp³-hybridized carbons (Fsp3) is 0.500. The van der Waals surface area contributed by atoms with Gasteiger partial charge >= 0.3 is 184 Å². The van der Waals surface area contributed by atoms with E-state index in [4.69, 9.17) is 20.6 Å². The van der Waals surface area contributed by atoms with E-state index in [1.165, 1.54) is 9.03 Å². The molecule has 0 aliphatic heterocycles. The molecule has 0 amide bonds. The van der Waals surface area contributed by atoms with Gasteiger partial charge in [0.25, 0.3) is 0 Å². The number of hydrogen-bond acceptors (Lipinski definition) is 5. The van der Waals surface area contributed by atoms with Gasteiger partial charge in [-0.15, -0.1) is 0 Å². The van der Waals surface area contributed by atoms with Crippen molar-refractivity contribution >= 4 is 44.1 Å². The van der Waals surface area contributed by atoms with Crippen LogP contribution in [-0.2, 0) is 20.2 Å². The van der Waals surface area contributed by atoms with Crippen molar-refractivity contribution in [1.29, 1.82) is 0 Å². The van der Waals surface area contributed by atoms with Gasteiger partial charge in [-0.2, -0.15) is 0 Å². The normalized spacial score (nSPS) is 11.7. The number of benzene rings is 1. The molecule has 0 unspecified atom stereocenters. The SMILES string of the molecule is CCOP(=O)(OCC)c1nc(Cl)c(C)n(CCCCC[Se]c2ccccc2)c1=O. The molecule has 9 heteroatoms. The summed E-state index contributed by atoms with van der Waals surface area (Å²) in [5.74, 6) is 0. The Balaban J connectivity index is 2.03. The topological polar surface area (TPSA) is 70.4 Å². The van der Waals surface area contributed by atoms with Crippen LogP contribution >= 0.6 is 19.2 Å². The van der Waals surface area contributed by atoms with E-state index in [2.05, 4.69) is 29.2 Å². The monoisotopic (exact) mass is 506 g/mol. The van der Waals surface area contributed by atoms with Crippen molar-refractivity contribution in [1.82, 2.24) is 9.55 Å². The summed E-state index contributed by atoms with van der Waals surface area (Å²) < 4.78 is 26.5. The molecule has 0 aliphatic carbocycles. The summed E-state index contributed by atoms with van der Waals surface area (Å²) in [7, 11) is -3.79. The number of nitrogens with zero attached hydrogens (tertiary/aromatic N) is 2. The number of rotatable bonds is 12. The molecule has 2 rings (SSSR count). The van der Waals surface area contributed by atoms with Gasteiger partial charge in [0.15, 0.2) is 0 Å². The van der Waals surface area contributed by atoms with Crippen LogP contribution in [0, 0.1) is 6.92 Å². The van der Waals surface area contributed by atoms with Gasteiger partial charge in [-0.3, -0.25) is 0 Å². The van der Waals surface area contributed by atoms with Gasteiger partial charge in [-0.1, -0.05) is 0 Å². The summed E-state index contributed by atoms with van der Waals surface area (Å²) in [6, 6.07) is 10.5. The molecule has 1 aromatic heterocycles. The third kappa shape index (κ3) is 6.78. The minimum atomic E-state index is -3.79. The van der Waals surface area contributed by atoms with Gasteiger partial charge in [0, 0.05) is 0 Å². The molecule has 0 saturated heterocycles. The van der Waals surface area contributed by atoms with Crippen molar-refractivity contribution < 1.29 is 13.6 Å². The summed E-state index contributed by atoms with van der Waals surface area (Å²) in [5.41, 5.74) is -0.122. The number of hydrogen-bond donors (Lipinski definition) is 0. The second kappa shape index (κ2) is 12.0. The maximum atomic E-state index is 13.0. The van der Waals surface area contributed by atoms with Gasteiger partial charge < -0.3 is 0 Å². The summed E-state index contributed by atoms with van der Waals surface area (Å²) in [6.45, 7) is 5.91. The molecular formula is C20H28ClN2O4PSe. The predicted octanol–water partition coefficient (Wildman–Crippen LogP) is 3.71. The van der Waals surface area contributed by atoms with Crippen LogP contribution in [0.3, 0.4) is 0 Å². The Bertz CT molecular complexity index is 882. The standard InChI is InChI=1S/C20H28ClN2O4PSe/c1-4-26-28(25,27-5-2)19-20(24)23(16(3)18(21)22-19)14-10-7-11-15-29-17-12-8-6-9-13-17/h6,8-9,12-13H,4-5,7,10-11,14-15H2,1-3H3. The first-order valence-electron chi connectivity index (χ1n) is 9.77. The predicted molar refractivity (Wildman–Crippen MR) is 119 cm³/mol. The molecule has 0 spiro atoms. The summed E-state index contributed by atoms with van der Waals surface area (Å²) >= 11 is 6.70. The second-order valence-electron chi connectivity index (χ2n) is 6.32. The molecule has 29 heavy (non-hydrogen) atoms. The van der Waals surface area contributed by atoms with Crippen molar-refractivity contribution in [2.45, 2.75) is 51.9 Å². The average molecular weight is 506 g/mol. The van der Waals surface area contributed by atoms with Gasteiger partial charge in [-0.25, -0.2) is 0 Å². The van der Waals surface area contributed by atoms with Crippen molar-refractivity contribution in [2.75, 3.05) is 13.2 Å². The Labute approximate surface area is 183 Å². The second-order valence-corrected chi connectivity index (χ2v) is 11.1. The van der Waals surface area contributed by atoms with E-state index in [0.29, 0.717) is 27.2 Å². The molecule has 0 saturated carbocycles. The first-order valence-corrected chi connectivity index (χ1v) is 13.8. The first kappa shape index (κ1) is 24.3. The van der Waals surface area contributed by atoms with Crippen molar-refractivity contribution in [2.24, 2.45) is 0 Å². The Hall–Kier alpha value is -0.941. The zero-order valence-electron chi connectivity index (χ0n) is 17.1. The molecule has 0 fully saturated rings. The number of halogens is 1. The maximum absolute atomic E-state index is 13.0. The third-order valence-corrected chi connectivity index (χ3v) is 8.91. The van der Waals surface area contributed by atoms with Gasteiger partial charge in [0.1, 0.15) is 0 Å². The first-order chi connectivity index (χ1) is 13.9. The molecule has 2 aromatic rings. The summed E-state index contributed by atoms with van der Waals surface area (Å²) in [4.78, 5) is 17.0. The molecule has 0 aliphatic rings. The van der Waals surface area contributed by atoms with Gasteiger partial charge in [0.2, 0.25) is 0 Å². The van der Waals surface area contributed by atoms with Crippen LogP contribution < -0.4 is 15.5 Å². The van der Waals surface area contributed by atoms with Crippen molar-refractivity contribution in [3.8, 4) is 0 Å². The Morgan fingerprint density at radius 3 is 2.38 bits per heavy atom. The van der Waals surface area contributed by atoms with E-state index in [-0.39, 0.29) is 23.8 Å². The van der Waals surface area contributed by atoms with Crippen molar-refractivity contribution in [3.63, 3.8) is 0 Å². The molecule has 0 bridgehead atoms. The van der Waals surface area contributed by atoms with Crippen LogP contribution in [0.25, 0.3) is 0 Å². The molecule has 1 heterocycles. The Morgan fingerprint density at radius 1 is 1.10 bits per heavy atom. The average Bonchev–Trinajstić information content (AvgIpc) is 2.70. The zero-order chi connectivity index (χ0) is 21.3. The number of aromatic nitrogens is 2. The van der Waals surface area contributed by atoms with Crippen LogP contribution in [0.4, 0.5) is 0 Å². The quantitative estimate of drug-likeness (QED) is 0.250. The van der Waals surface area contributed by atoms with E-state index >= 15 is 0 Å². The van der Waals surface area contributed by atoms with Crippen LogP contribution in [0.5, 0.6) is 0 Å². The molecular weight excluding hydrogens is 478 g/mol. The van der Waals surface area contributed by atoms with E-state index in [0.717, 1.165) is 24.6 Å². The summed E-state index contributed by atoms with van der Waals surface area (Å²) in [5, 5.41) is 1.31. The molecule has 0 atom stereocenters. The molecule has 0 N–H and O–H groups in total. The third-order valence-electron chi connectivity index (χ3n) is 4.24. The minimum absolute atomic E-state index is 0.145. The van der Waals surface area contributed by atoms with Gasteiger partial charge in [0.05, 0.1) is 0 Å². The van der Waals surface area contributed by atoms with Gasteiger partial charge in [-0.05, 0) is 0 Å². The number of unbranched alkanes of at least 4 members (excludes halogenated alkanes) is 2. The van der Waals surface area contributed by atoms with E-state index in [1.807, 2.05) is 6.07 Å². The van der Waals surface area contributed by atoms with E-state index in [1.54, 1.807) is 20.8 Å². The molecule has 6 nitrogen and oxygen atoms in total. The van der Waals surface area contributed by atoms with Crippen LogP contribution in [0.15, 0.2) is 35.1 Å².